The standard InChI is InChI=1S/C20H17N5O/c1-2-5-15(6-3-1)25-11-12-26-18-13-14(8-9-17(18)25)22-20-19-16(23-24-20)7-4-10-21-19/h1-10,13H,11-12H2,(H2,22,23,24). The maximum absolute atomic E-state index is 5.90. The van der Waals surface area contributed by atoms with Gasteiger partial charge in [-0.3, -0.25) is 10.1 Å². The van der Waals surface area contributed by atoms with E-state index in [9.17, 15) is 0 Å². The molecular weight excluding hydrogens is 326 g/mol. The molecule has 1 aliphatic rings. The Balaban J connectivity index is 1.48. The molecule has 128 valence electrons. The molecule has 0 saturated heterocycles. The van der Waals surface area contributed by atoms with E-state index < -0.39 is 0 Å². The fourth-order valence-electron chi connectivity index (χ4n) is 3.25. The Bertz CT molecular complexity index is 1060. The number of rotatable bonds is 3. The number of nitrogens with zero attached hydrogens (tertiary/aromatic N) is 3. The van der Waals surface area contributed by atoms with Crippen LogP contribution in [-0.4, -0.2) is 28.3 Å². The summed E-state index contributed by atoms with van der Waals surface area (Å²) < 4.78 is 5.90. The van der Waals surface area contributed by atoms with Crippen molar-refractivity contribution < 1.29 is 4.74 Å². The zero-order valence-electron chi connectivity index (χ0n) is 14.0. The van der Waals surface area contributed by atoms with E-state index >= 15 is 0 Å². The third-order valence-corrected chi connectivity index (χ3v) is 4.47. The van der Waals surface area contributed by atoms with Gasteiger partial charge < -0.3 is 15.0 Å². The summed E-state index contributed by atoms with van der Waals surface area (Å²) >= 11 is 0. The SMILES string of the molecule is c1ccc(N2CCOc3cc(Nc4n[nH]c5cccnc45)ccc32)cc1. The van der Waals surface area contributed by atoms with Gasteiger partial charge >= 0.3 is 0 Å². The second-order valence-electron chi connectivity index (χ2n) is 6.11. The zero-order chi connectivity index (χ0) is 17.3. The van der Waals surface area contributed by atoms with Crippen LogP contribution in [-0.2, 0) is 0 Å². The highest BCUT2D eigenvalue weighted by atomic mass is 16.5. The number of anilines is 4. The number of para-hydroxylation sites is 1. The molecule has 0 amide bonds. The lowest BCUT2D eigenvalue weighted by Gasteiger charge is -2.31. The van der Waals surface area contributed by atoms with Gasteiger partial charge in [0.05, 0.1) is 17.7 Å². The molecule has 0 unspecified atom stereocenters. The van der Waals surface area contributed by atoms with Gasteiger partial charge in [-0.2, -0.15) is 5.10 Å². The Kier molecular flexibility index (Phi) is 3.45. The van der Waals surface area contributed by atoms with Crippen LogP contribution in [0.5, 0.6) is 5.75 Å². The van der Waals surface area contributed by atoms with E-state index in [4.69, 9.17) is 4.74 Å². The Labute approximate surface area is 150 Å². The van der Waals surface area contributed by atoms with Crippen LogP contribution >= 0.6 is 0 Å². The molecule has 2 N–H and O–H groups in total. The van der Waals surface area contributed by atoms with Crippen molar-refractivity contribution in [3.8, 4) is 5.75 Å². The fraction of sp³-hybridized carbons (Fsp3) is 0.100. The van der Waals surface area contributed by atoms with Crippen LogP contribution in [0, 0.1) is 0 Å². The minimum absolute atomic E-state index is 0.651. The molecule has 0 atom stereocenters. The minimum Gasteiger partial charge on any atom is -0.489 e. The molecule has 6 nitrogen and oxygen atoms in total. The highest BCUT2D eigenvalue weighted by Crippen LogP contribution is 2.38. The van der Waals surface area contributed by atoms with Gasteiger partial charge in [0.2, 0.25) is 0 Å². The highest BCUT2D eigenvalue weighted by Gasteiger charge is 2.20. The van der Waals surface area contributed by atoms with E-state index in [0.29, 0.717) is 12.4 Å². The Hall–Kier alpha value is -3.54. The van der Waals surface area contributed by atoms with Crippen molar-refractivity contribution in [2.24, 2.45) is 0 Å². The average Bonchev–Trinajstić information content (AvgIpc) is 3.11. The smallest absolute Gasteiger partial charge is 0.178 e. The summed E-state index contributed by atoms with van der Waals surface area (Å²) in [5.41, 5.74) is 4.87. The molecule has 0 radical (unpaired) electrons. The van der Waals surface area contributed by atoms with Gasteiger partial charge in [0.1, 0.15) is 17.9 Å². The molecule has 26 heavy (non-hydrogen) atoms. The number of ether oxygens (including phenoxy) is 1. The molecule has 0 saturated carbocycles. The van der Waals surface area contributed by atoms with Crippen molar-refractivity contribution in [3.05, 3.63) is 66.9 Å². The predicted molar refractivity (Wildman–Crippen MR) is 103 cm³/mol. The van der Waals surface area contributed by atoms with Gasteiger partial charge in [-0.15, -0.1) is 0 Å². The molecule has 6 heteroatoms. The first-order valence-corrected chi connectivity index (χ1v) is 8.54. The largest absolute Gasteiger partial charge is 0.489 e. The minimum atomic E-state index is 0.651. The van der Waals surface area contributed by atoms with Crippen molar-refractivity contribution in [1.29, 1.82) is 0 Å². The molecule has 0 spiro atoms. The lowest BCUT2D eigenvalue weighted by molar-refractivity contribution is 0.314. The van der Waals surface area contributed by atoms with Crippen LogP contribution in [0.25, 0.3) is 11.0 Å². The van der Waals surface area contributed by atoms with Crippen molar-refractivity contribution in [2.75, 3.05) is 23.4 Å². The number of hydrogen-bond donors (Lipinski definition) is 2. The third-order valence-electron chi connectivity index (χ3n) is 4.47. The molecule has 1 aliphatic heterocycles. The van der Waals surface area contributed by atoms with E-state index in [1.54, 1.807) is 6.20 Å². The van der Waals surface area contributed by atoms with E-state index in [1.165, 1.54) is 5.69 Å². The molecule has 0 bridgehead atoms. The van der Waals surface area contributed by atoms with Crippen LogP contribution in [0.15, 0.2) is 66.9 Å². The van der Waals surface area contributed by atoms with Crippen molar-refractivity contribution >= 4 is 33.9 Å². The number of fused-ring (bicyclic) bond motifs is 2. The van der Waals surface area contributed by atoms with E-state index in [1.807, 2.05) is 30.3 Å². The van der Waals surface area contributed by atoms with E-state index in [0.717, 1.165) is 34.7 Å². The molecule has 2 aromatic carbocycles. The van der Waals surface area contributed by atoms with Gasteiger partial charge in [-0.25, -0.2) is 0 Å². The first-order chi connectivity index (χ1) is 12.9. The van der Waals surface area contributed by atoms with Crippen LogP contribution in [0.2, 0.25) is 0 Å². The summed E-state index contributed by atoms with van der Waals surface area (Å²) in [6, 6.07) is 20.3. The second-order valence-corrected chi connectivity index (χ2v) is 6.11. The van der Waals surface area contributed by atoms with Crippen molar-refractivity contribution in [2.45, 2.75) is 0 Å². The number of H-pyrrole nitrogens is 1. The van der Waals surface area contributed by atoms with Gasteiger partial charge in [-0.1, -0.05) is 18.2 Å². The van der Waals surface area contributed by atoms with Crippen molar-refractivity contribution in [1.82, 2.24) is 15.2 Å². The number of aromatic amines is 1. The molecule has 0 fully saturated rings. The van der Waals surface area contributed by atoms with Gasteiger partial charge in [0, 0.05) is 23.6 Å². The molecule has 5 rings (SSSR count). The topological polar surface area (TPSA) is 66.1 Å². The first kappa shape index (κ1) is 14.8. The summed E-state index contributed by atoms with van der Waals surface area (Å²) in [4.78, 5) is 6.65. The number of nitrogens with one attached hydrogen (secondary N) is 2. The Morgan fingerprint density at radius 2 is 1.96 bits per heavy atom. The maximum atomic E-state index is 5.90. The van der Waals surface area contributed by atoms with Gasteiger partial charge in [0.15, 0.2) is 5.82 Å². The van der Waals surface area contributed by atoms with Gasteiger partial charge in [-0.05, 0) is 36.4 Å². The average molecular weight is 343 g/mol. The third kappa shape index (κ3) is 2.52. The Morgan fingerprint density at radius 1 is 1.04 bits per heavy atom. The summed E-state index contributed by atoms with van der Waals surface area (Å²) in [7, 11) is 0. The van der Waals surface area contributed by atoms with Crippen LogP contribution in [0.3, 0.4) is 0 Å². The fourth-order valence-corrected chi connectivity index (χ4v) is 3.25. The number of hydrogen-bond acceptors (Lipinski definition) is 5. The quantitative estimate of drug-likeness (QED) is 0.583. The van der Waals surface area contributed by atoms with Crippen LogP contribution in [0.1, 0.15) is 0 Å². The Morgan fingerprint density at radius 3 is 2.88 bits per heavy atom. The number of pyridine rings is 1. The van der Waals surface area contributed by atoms with Crippen molar-refractivity contribution in [3.63, 3.8) is 0 Å². The van der Waals surface area contributed by atoms with Crippen LogP contribution < -0.4 is 15.0 Å². The monoisotopic (exact) mass is 343 g/mol. The van der Waals surface area contributed by atoms with E-state index in [-0.39, 0.29) is 0 Å². The first-order valence-electron chi connectivity index (χ1n) is 8.54. The van der Waals surface area contributed by atoms with Crippen LogP contribution in [0.4, 0.5) is 22.9 Å². The molecule has 0 aliphatic carbocycles. The number of aromatic nitrogens is 3. The molecular formula is C20H17N5O. The summed E-state index contributed by atoms with van der Waals surface area (Å²) in [6.07, 6.45) is 1.76. The summed E-state index contributed by atoms with van der Waals surface area (Å²) in [5.74, 6) is 1.56. The lowest BCUT2D eigenvalue weighted by atomic mass is 10.2. The molecule has 3 heterocycles. The van der Waals surface area contributed by atoms with Gasteiger partial charge in [0.25, 0.3) is 0 Å². The zero-order valence-corrected chi connectivity index (χ0v) is 14.0. The van der Waals surface area contributed by atoms with E-state index in [2.05, 4.69) is 55.7 Å². The lowest BCUT2D eigenvalue weighted by Crippen LogP contribution is -2.28. The second kappa shape index (κ2) is 6.07. The predicted octanol–water partition coefficient (Wildman–Crippen LogP) is 4.23. The maximum Gasteiger partial charge on any atom is 0.178 e. The summed E-state index contributed by atoms with van der Waals surface area (Å²) in [5, 5.41) is 10.6. The highest BCUT2D eigenvalue weighted by molar-refractivity contribution is 5.88. The number of benzene rings is 2. The molecule has 4 aromatic rings. The summed E-state index contributed by atoms with van der Waals surface area (Å²) in [6.45, 7) is 1.48. The molecule has 2 aromatic heterocycles. The normalized spacial score (nSPS) is 13.3.